The fourth-order valence-electron chi connectivity index (χ4n) is 2.96. The van der Waals surface area contributed by atoms with Crippen molar-refractivity contribution in [1.82, 2.24) is 0 Å². The lowest BCUT2D eigenvalue weighted by molar-refractivity contribution is -0.157. The van der Waals surface area contributed by atoms with Crippen LogP contribution in [0.25, 0.3) is 6.08 Å². The summed E-state index contributed by atoms with van der Waals surface area (Å²) >= 11 is 0. The standard InChI is InChI=1S/C25H22O6/c1-18(26)30-24-21(17-29-25(28)20-11-6-3-7-12-20)13-8-14-22(24)31-23(27)16-15-19-9-4-2-5-10-19/h2-16,22,24H,17H2,1H3/b16-15+/t22-,24-/m1/s1. The van der Waals surface area contributed by atoms with Crippen molar-refractivity contribution in [2.45, 2.75) is 19.1 Å². The molecule has 0 bridgehead atoms. The molecule has 3 rings (SSSR count). The van der Waals surface area contributed by atoms with Gasteiger partial charge in [-0.3, -0.25) is 4.79 Å². The average molecular weight is 418 g/mol. The molecule has 6 nitrogen and oxygen atoms in total. The van der Waals surface area contributed by atoms with E-state index in [9.17, 15) is 14.4 Å². The molecule has 0 radical (unpaired) electrons. The first kappa shape index (κ1) is 21.8. The van der Waals surface area contributed by atoms with Gasteiger partial charge in [-0.1, -0.05) is 60.7 Å². The molecule has 6 heteroatoms. The van der Waals surface area contributed by atoms with Crippen molar-refractivity contribution in [1.29, 1.82) is 0 Å². The summed E-state index contributed by atoms with van der Waals surface area (Å²) in [6, 6.07) is 17.9. The maximum absolute atomic E-state index is 12.3. The van der Waals surface area contributed by atoms with E-state index in [4.69, 9.17) is 14.2 Å². The second kappa shape index (κ2) is 10.7. The third-order valence-electron chi connectivity index (χ3n) is 4.41. The summed E-state index contributed by atoms with van der Waals surface area (Å²) < 4.78 is 16.2. The molecule has 2 aromatic carbocycles. The summed E-state index contributed by atoms with van der Waals surface area (Å²) in [5, 5.41) is 0. The second-order valence-electron chi connectivity index (χ2n) is 6.74. The molecule has 0 heterocycles. The highest BCUT2D eigenvalue weighted by molar-refractivity contribution is 5.89. The van der Waals surface area contributed by atoms with E-state index in [0.29, 0.717) is 11.1 Å². The van der Waals surface area contributed by atoms with Crippen LogP contribution in [0.3, 0.4) is 0 Å². The monoisotopic (exact) mass is 418 g/mol. The molecule has 2 atom stereocenters. The molecule has 158 valence electrons. The Morgan fingerprint density at radius 1 is 0.935 bits per heavy atom. The fraction of sp³-hybridized carbons (Fsp3) is 0.160. The second-order valence-corrected chi connectivity index (χ2v) is 6.74. The van der Waals surface area contributed by atoms with Gasteiger partial charge in [0.1, 0.15) is 6.61 Å². The number of rotatable bonds is 7. The molecule has 0 saturated heterocycles. The highest BCUT2D eigenvalue weighted by Crippen LogP contribution is 2.22. The Morgan fingerprint density at radius 2 is 1.61 bits per heavy atom. The van der Waals surface area contributed by atoms with Crippen LogP contribution in [0.4, 0.5) is 0 Å². The first-order chi connectivity index (χ1) is 15.0. The molecule has 0 amide bonds. The molecule has 0 unspecified atom stereocenters. The van der Waals surface area contributed by atoms with Crippen LogP contribution in [0, 0.1) is 0 Å². The van der Waals surface area contributed by atoms with Gasteiger partial charge in [0, 0.05) is 18.6 Å². The highest BCUT2D eigenvalue weighted by Gasteiger charge is 2.31. The number of carbonyl (C=O) groups excluding carboxylic acids is 3. The van der Waals surface area contributed by atoms with Crippen LogP contribution < -0.4 is 0 Å². The number of hydrogen-bond acceptors (Lipinski definition) is 6. The summed E-state index contributed by atoms with van der Waals surface area (Å²) in [4.78, 5) is 36.1. The molecule has 0 aromatic heterocycles. The normalized spacial score (nSPS) is 17.6. The van der Waals surface area contributed by atoms with Crippen LogP contribution in [0.15, 0.2) is 90.5 Å². The predicted octanol–water partition coefficient (Wildman–Crippen LogP) is 3.90. The molecule has 1 aliphatic carbocycles. The molecular weight excluding hydrogens is 396 g/mol. The molecule has 31 heavy (non-hydrogen) atoms. The van der Waals surface area contributed by atoms with Gasteiger partial charge in [0.25, 0.3) is 0 Å². The van der Waals surface area contributed by atoms with E-state index in [0.717, 1.165) is 5.56 Å². The Kier molecular flexibility index (Phi) is 7.54. The number of esters is 3. The van der Waals surface area contributed by atoms with Crippen molar-refractivity contribution in [2.75, 3.05) is 6.61 Å². The minimum absolute atomic E-state index is 0.107. The van der Waals surface area contributed by atoms with Crippen molar-refractivity contribution in [3.63, 3.8) is 0 Å². The first-order valence-electron chi connectivity index (χ1n) is 9.73. The molecule has 0 saturated carbocycles. The highest BCUT2D eigenvalue weighted by atomic mass is 16.6. The molecule has 0 N–H and O–H groups in total. The minimum atomic E-state index is -0.889. The maximum atomic E-state index is 12.3. The fourth-order valence-corrected chi connectivity index (χ4v) is 2.96. The zero-order valence-corrected chi connectivity index (χ0v) is 17.0. The zero-order valence-electron chi connectivity index (χ0n) is 17.0. The Balaban J connectivity index is 1.65. The Hall–Kier alpha value is -3.93. The van der Waals surface area contributed by atoms with E-state index >= 15 is 0 Å². The number of carbonyl (C=O) groups is 3. The van der Waals surface area contributed by atoms with Crippen LogP contribution in [-0.2, 0) is 23.8 Å². The number of hydrogen-bond donors (Lipinski definition) is 0. The Labute approximate surface area is 180 Å². The van der Waals surface area contributed by atoms with E-state index in [1.54, 1.807) is 54.6 Å². The lowest BCUT2D eigenvalue weighted by atomic mass is 9.99. The van der Waals surface area contributed by atoms with Crippen molar-refractivity contribution in [2.24, 2.45) is 0 Å². The van der Waals surface area contributed by atoms with Gasteiger partial charge in [0.05, 0.1) is 5.56 Å². The molecule has 1 aliphatic rings. The average Bonchev–Trinajstić information content (AvgIpc) is 2.78. The van der Waals surface area contributed by atoms with E-state index in [1.807, 2.05) is 30.3 Å². The summed E-state index contributed by atoms with van der Waals surface area (Å²) in [6.07, 6.45) is 6.17. The Bertz CT molecular complexity index is 1000. The van der Waals surface area contributed by atoms with Crippen molar-refractivity contribution in [3.05, 3.63) is 102 Å². The van der Waals surface area contributed by atoms with Gasteiger partial charge >= 0.3 is 17.9 Å². The van der Waals surface area contributed by atoms with Gasteiger partial charge in [-0.15, -0.1) is 0 Å². The summed E-state index contributed by atoms with van der Waals surface area (Å²) in [5.74, 6) is -1.63. The van der Waals surface area contributed by atoms with Crippen LogP contribution in [0.2, 0.25) is 0 Å². The van der Waals surface area contributed by atoms with Gasteiger partial charge in [-0.25, -0.2) is 9.59 Å². The number of benzene rings is 2. The maximum Gasteiger partial charge on any atom is 0.338 e. The van der Waals surface area contributed by atoms with E-state index in [1.165, 1.54) is 13.0 Å². The summed E-state index contributed by atoms with van der Waals surface area (Å²) in [5.41, 5.74) is 1.77. The first-order valence-corrected chi connectivity index (χ1v) is 9.73. The van der Waals surface area contributed by atoms with Crippen molar-refractivity contribution in [3.8, 4) is 0 Å². The van der Waals surface area contributed by atoms with Crippen LogP contribution in [-0.4, -0.2) is 36.7 Å². The topological polar surface area (TPSA) is 78.9 Å². The third-order valence-corrected chi connectivity index (χ3v) is 4.41. The van der Waals surface area contributed by atoms with Crippen LogP contribution >= 0.6 is 0 Å². The summed E-state index contributed by atoms with van der Waals surface area (Å²) in [7, 11) is 0. The number of ether oxygens (including phenoxy) is 3. The molecule has 2 aromatic rings. The largest absolute Gasteiger partial charge is 0.457 e. The van der Waals surface area contributed by atoms with Crippen LogP contribution in [0.5, 0.6) is 0 Å². The molecular formula is C25H22O6. The van der Waals surface area contributed by atoms with E-state index < -0.39 is 30.1 Å². The van der Waals surface area contributed by atoms with Gasteiger partial charge in [-0.2, -0.15) is 0 Å². The summed E-state index contributed by atoms with van der Waals surface area (Å²) in [6.45, 7) is 1.16. The van der Waals surface area contributed by atoms with Crippen molar-refractivity contribution >= 4 is 24.0 Å². The SMILES string of the molecule is CC(=O)O[C@@H]1C(COC(=O)c2ccccc2)=CC=C[C@H]1OC(=O)/C=C/c1ccccc1. The van der Waals surface area contributed by atoms with Crippen LogP contribution in [0.1, 0.15) is 22.8 Å². The lowest BCUT2D eigenvalue weighted by Crippen LogP contribution is -2.37. The quantitative estimate of drug-likeness (QED) is 0.386. The van der Waals surface area contributed by atoms with Gasteiger partial charge in [0.2, 0.25) is 0 Å². The molecule has 0 fully saturated rings. The van der Waals surface area contributed by atoms with Gasteiger partial charge in [0.15, 0.2) is 12.2 Å². The zero-order chi connectivity index (χ0) is 22.1. The number of allylic oxidation sites excluding steroid dienone is 2. The van der Waals surface area contributed by atoms with E-state index in [2.05, 4.69) is 0 Å². The predicted molar refractivity (Wildman–Crippen MR) is 115 cm³/mol. The Morgan fingerprint density at radius 3 is 2.29 bits per heavy atom. The van der Waals surface area contributed by atoms with Crippen molar-refractivity contribution < 1.29 is 28.6 Å². The molecule has 0 spiro atoms. The van der Waals surface area contributed by atoms with Gasteiger partial charge < -0.3 is 14.2 Å². The van der Waals surface area contributed by atoms with E-state index in [-0.39, 0.29) is 6.61 Å². The smallest absolute Gasteiger partial charge is 0.338 e. The minimum Gasteiger partial charge on any atom is -0.457 e. The third kappa shape index (κ3) is 6.54. The lowest BCUT2D eigenvalue weighted by Gasteiger charge is -2.28. The van der Waals surface area contributed by atoms with Gasteiger partial charge in [-0.05, 0) is 29.8 Å². The molecule has 0 aliphatic heterocycles.